The highest BCUT2D eigenvalue weighted by molar-refractivity contribution is 5.73. The van der Waals surface area contributed by atoms with Crippen LogP contribution in [0.15, 0.2) is 4.52 Å². The maximum absolute atomic E-state index is 10.6. The van der Waals surface area contributed by atoms with Gasteiger partial charge >= 0.3 is 6.03 Å². The topological polar surface area (TPSA) is 85.3 Å². The number of amides is 2. The maximum Gasteiger partial charge on any atom is 0.314 e. The molecule has 0 atom stereocenters. The van der Waals surface area contributed by atoms with Crippen molar-refractivity contribution in [2.45, 2.75) is 12.8 Å². The zero-order valence-electron chi connectivity index (χ0n) is 7.23. The molecule has 2 amide bonds. The highest BCUT2D eigenvalue weighted by Gasteiger charge is 2.33. The van der Waals surface area contributed by atoms with E-state index in [-0.39, 0.29) is 5.92 Å². The third-order valence-corrected chi connectivity index (χ3v) is 2.10. The first-order valence-electron chi connectivity index (χ1n) is 4.01. The summed E-state index contributed by atoms with van der Waals surface area (Å²) < 4.78 is 4.82. The standard InChI is InChI=1S/C7H10N4O2/c1-4-9-6(10-13-4)5-2-11(3-5)7(8)12/h5H,2-3H2,1H3,(H2,8,12). The van der Waals surface area contributed by atoms with Crippen LogP contribution >= 0.6 is 0 Å². The summed E-state index contributed by atoms with van der Waals surface area (Å²) in [6, 6.07) is -0.392. The minimum atomic E-state index is -0.392. The lowest BCUT2D eigenvalue weighted by molar-refractivity contribution is 0.155. The first kappa shape index (κ1) is 8.03. The zero-order chi connectivity index (χ0) is 9.42. The predicted octanol–water partition coefficient (Wildman–Crippen LogP) is -0.144. The number of aromatic nitrogens is 2. The van der Waals surface area contributed by atoms with Crippen molar-refractivity contribution in [3.8, 4) is 0 Å². The summed E-state index contributed by atoms with van der Waals surface area (Å²) in [4.78, 5) is 16.3. The van der Waals surface area contributed by atoms with Gasteiger partial charge in [0.2, 0.25) is 5.89 Å². The van der Waals surface area contributed by atoms with Gasteiger partial charge in [0.25, 0.3) is 0 Å². The summed E-state index contributed by atoms with van der Waals surface area (Å²) in [5.74, 6) is 1.40. The third kappa shape index (κ3) is 1.34. The van der Waals surface area contributed by atoms with Crippen molar-refractivity contribution < 1.29 is 9.32 Å². The molecule has 2 N–H and O–H groups in total. The number of hydrogen-bond donors (Lipinski definition) is 1. The molecule has 0 unspecified atom stereocenters. The monoisotopic (exact) mass is 182 g/mol. The third-order valence-electron chi connectivity index (χ3n) is 2.10. The van der Waals surface area contributed by atoms with Crippen LogP contribution in [0, 0.1) is 6.92 Å². The van der Waals surface area contributed by atoms with Gasteiger partial charge in [-0.3, -0.25) is 0 Å². The highest BCUT2D eigenvalue weighted by atomic mass is 16.5. The molecule has 0 saturated carbocycles. The van der Waals surface area contributed by atoms with Crippen molar-refractivity contribution in [2.75, 3.05) is 13.1 Å². The number of nitrogens with two attached hydrogens (primary N) is 1. The van der Waals surface area contributed by atoms with Gasteiger partial charge in [0.05, 0.1) is 5.92 Å². The van der Waals surface area contributed by atoms with E-state index in [4.69, 9.17) is 10.3 Å². The van der Waals surface area contributed by atoms with E-state index in [2.05, 4.69) is 10.1 Å². The lowest BCUT2D eigenvalue weighted by atomic mass is 10.0. The van der Waals surface area contributed by atoms with E-state index >= 15 is 0 Å². The molecule has 2 rings (SSSR count). The van der Waals surface area contributed by atoms with Crippen molar-refractivity contribution in [3.05, 3.63) is 11.7 Å². The average Bonchev–Trinajstić information content (AvgIpc) is 2.31. The molecular weight excluding hydrogens is 172 g/mol. The largest absolute Gasteiger partial charge is 0.351 e. The first-order valence-corrected chi connectivity index (χ1v) is 4.01. The molecule has 0 radical (unpaired) electrons. The number of likely N-dealkylation sites (tertiary alicyclic amines) is 1. The number of aryl methyl sites for hydroxylation is 1. The van der Waals surface area contributed by atoms with Gasteiger partial charge in [-0.1, -0.05) is 5.16 Å². The van der Waals surface area contributed by atoms with E-state index in [1.165, 1.54) is 4.90 Å². The van der Waals surface area contributed by atoms with Crippen molar-refractivity contribution in [2.24, 2.45) is 5.73 Å². The fourth-order valence-electron chi connectivity index (χ4n) is 1.30. The smallest absolute Gasteiger partial charge is 0.314 e. The van der Waals surface area contributed by atoms with Gasteiger partial charge in [-0.05, 0) is 0 Å². The van der Waals surface area contributed by atoms with Crippen LogP contribution in [-0.4, -0.2) is 34.2 Å². The molecule has 2 heterocycles. The van der Waals surface area contributed by atoms with Crippen molar-refractivity contribution in [1.82, 2.24) is 15.0 Å². The van der Waals surface area contributed by atoms with Crippen LogP contribution in [0.25, 0.3) is 0 Å². The molecule has 1 aromatic rings. The fourth-order valence-corrected chi connectivity index (χ4v) is 1.30. The van der Waals surface area contributed by atoms with Gasteiger partial charge in [0, 0.05) is 20.0 Å². The second-order valence-electron chi connectivity index (χ2n) is 3.11. The number of hydrogen-bond acceptors (Lipinski definition) is 4. The maximum atomic E-state index is 10.6. The van der Waals surface area contributed by atoms with Crippen molar-refractivity contribution in [3.63, 3.8) is 0 Å². The number of nitrogens with zero attached hydrogens (tertiary/aromatic N) is 3. The van der Waals surface area contributed by atoms with Gasteiger partial charge < -0.3 is 15.2 Å². The van der Waals surface area contributed by atoms with Crippen LogP contribution in [0.5, 0.6) is 0 Å². The molecule has 1 aromatic heterocycles. The minimum absolute atomic E-state index is 0.185. The van der Waals surface area contributed by atoms with Crippen LogP contribution in [0.4, 0.5) is 4.79 Å². The van der Waals surface area contributed by atoms with Gasteiger partial charge in [-0.25, -0.2) is 4.79 Å². The Kier molecular flexibility index (Phi) is 1.68. The number of rotatable bonds is 1. The van der Waals surface area contributed by atoms with E-state index in [1.54, 1.807) is 6.92 Å². The predicted molar refractivity (Wildman–Crippen MR) is 42.9 cm³/mol. The van der Waals surface area contributed by atoms with Crippen LogP contribution < -0.4 is 5.73 Å². The van der Waals surface area contributed by atoms with Gasteiger partial charge in [-0.2, -0.15) is 4.98 Å². The summed E-state index contributed by atoms with van der Waals surface area (Å²) in [5, 5.41) is 3.77. The Bertz CT molecular complexity index is 329. The van der Waals surface area contributed by atoms with Gasteiger partial charge in [0.1, 0.15) is 0 Å². The first-order chi connectivity index (χ1) is 6.16. The summed E-state index contributed by atoms with van der Waals surface area (Å²) >= 11 is 0. The number of urea groups is 1. The van der Waals surface area contributed by atoms with Crippen LogP contribution in [0.2, 0.25) is 0 Å². The van der Waals surface area contributed by atoms with Crippen molar-refractivity contribution >= 4 is 6.03 Å². The molecule has 6 heteroatoms. The zero-order valence-corrected chi connectivity index (χ0v) is 7.23. The Morgan fingerprint density at radius 1 is 1.69 bits per heavy atom. The molecule has 13 heavy (non-hydrogen) atoms. The summed E-state index contributed by atoms with van der Waals surface area (Å²) in [7, 11) is 0. The molecule has 1 saturated heterocycles. The molecule has 70 valence electrons. The van der Waals surface area contributed by atoms with Crippen molar-refractivity contribution in [1.29, 1.82) is 0 Å². The van der Waals surface area contributed by atoms with E-state index < -0.39 is 6.03 Å². The Labute approximate surface area is 74.7 Å². The van der Waals surface area contributed by atoms with Crippen LogP contribution in [-0.2, 0) is 0 Å². The van der Waals surface area contributed by atoms with E-state index in [0.717, 1.165) is 0 Å². The Morgan fingerprint density at radius 2 is 2.38 bits per heavy atom. The van der Waals surface area contributed by atoms with Crippen LogP contribution in [0.3, 0.4) is 0 Å². The summed E-state index contributed by atoms with van der Waals surface area (Å²) in [5.41, 5.74) is 5.07. The summed E-state index contributed by atoms with van der Waals surface area (Å²) in [6.07, 6.45) is 0. The number of carbonyl (C=O) groups excluding carboxylic acids is 1. The average molecular weight is 182 g/mol. The summed E-state index contributed by atoms with van der Waals surface area (Å²) in [6.45, 7) is 2.92. The van der Waals surface area contributed by atoms with Gasteiger partial charge in [0.15, 0.2) is 5.82 Å². The molecule has 0 spiro atoms. The van der Waals surface area contributed by atoms with Crippen LogP contribution in [0.1, 0.15) is 17.6 Å². The normalized spacial score (nSPS) is 17.2. The fraction of sp³-hybridized carbons (Fsp3) is 0.571. The Hall–Kier alpha value is -1.59. The van der Waals surface area contributed by atoms with Gasteiger partial charge in [-0.15, -0.1) is 0 Å². The number of primary amides is 1. The molecule has 0 aromatic carbocycles. The Balaban J connectivity index is 1.97. The second kappa shape index (κ2) is 2.72. The Morgan fingerprint density at radius 3 is 2.85 bits per heavy atom. The van der Waals surface area contributed by atoms with E-state index in [9.17, 15) is 4.79 Å². The second-order valence-corrected chi connectivity index (χ2v) is 3.11. The van der Waals surface area contributed by atoms with E-state index in [0.29, 0.717) is 24.8 Å². The molecule has 0 aliphatic carbocycles. The quantitative estimate of drug-likeness (QED) is 0.654. The molecule has 0 bridgehead atoms. The lowest BCUT2D eigenvalue weighted by Crippen LogP contribution is -2.51. The molecule has 6 nitrogen and oxygen atoms in total. The molecule has 1 aliphatic rings. The molecular formula is C7H10N4O2. The molecule has 1 aliphatic heterocycles. The van der Waals surface area contributed by atoms with E-state index in [1.807, 2.05) is 0 Å². The highest BCUT2D eigenvalue weighted by Crippen LogP contribution is 2.23. The number of carbonyl (C=O) groups is 1. The lowest BCUT2D eigenvalue weighted by Gasteiger charge is -2.35. The molecule has 1 fully saturated rings. The minimum Gasteiger partial charge on any atom is -0.351 e. The SMILES string of the molecule is Cc1nc(C2CN(C(N)=O)C2)no1.